The fourth-order valence-corrected chi connectivity index (χ4v) is 1.61. The number of carbonyl (C=O) groups excluding carboxylic acids is 2. The molecule has 4 nitrogen and oxygen atoms in total. The number of alkyl halides is 3. The van der Waals surface area contributed by atoms with E-state index in [0.29, 0.717) is 12.0 Å². The number of para-hydroxylation sites is 1. The van der Waals surface area contributed by atoms with Crippen molar-refractivity contribution >= 4 is 17.5 Å². The van der Waals surface area contributed by atoms with Gasteiger partial charge in [0.25, 0.3) is 0 Å². The van der Waals surface area contributed by atoms with Crippen LogP contribution >= 0.6 is 0 Å². The van der Waals surface area contributed by atoms with Crippen LogP contribution in [0, 0.1) is 0 Å². The minimum Gasteiger partial charge on any atom is -0.352 e. The number of amides is 2. The maximum atomic E-state index is 12.2. The second kappa shape index (κ2) is 7.66. The van der Waals surface area contributed by atoms with Crippen molar-refractivity contribution in [1.82, 2.24) is 5.32 Å². The van der Waals surface area contributed by atoms with Gasteiger partial charge < -0.3 is 10.6 Å². The second-order valence-corrected chi connectivity index (χ2v) is 4.49. The smallest absolute Gasteiger partial charge is 0.352 e. The number of carbonyl (C=O) groups is 2. The molecule has 1 rings (SSSR count). The summed E-state index contributed by atoms with van der Waals surface area (Å²) in [5, 5.41) is 4.42. The Labute approximate surface area is 120 Å². The molecule has 21 heavy (non-hydrogen) atoms. The molecule has 0 radical (unpaired) electrons. The molecule has 1 aromatic rings. The first-order chi connectivity index (χ1) is 9.84. The van der Waals surface area contributed by atoms with Gasteiger partial charge in [0, 0.05) is 18.7 Å². The first-order valence-electron chi connectivity index (χ1n) is 6.57. The number of hydrogen-bond acceptors (Lipinski definition) is 2. The average molecular weight is 302 g/mol. The van der Waals surface area contributed by atoms with E-state index in [4.69, 9.17) is 0 Å². The number of rotatable bonds is 6. The van der Waals surface area contributed by atoms with Crippen LogP contribution in [0.2, 0.25) is 0 Å². The van der Waals surface area contributed by atoms with E-state index in [1.165, 1.54) is 12.1 Å². The number of nitrogens with one attached hydrogen (secondary N) is 2. The number of hydrogen-bond donors (Lipinski definition) is 2. The van der Waals surface area contributed by atoms with Crippen LogP contribution in [0.5, 0.6) is 0 Å². The van der Waals surface area contributed by atoms with Gasteiger partial charge in [-0.15, -0.1) is 0 Å². The van der Waals surface area contributed by atoms with Crippen LogP contribution in [-0.4, -0.2) is 18.0 Å². The van der Waals surface area contributed by atoms with Gasteiger partial charge in [0.2, 0.25) is 5.91 Å². The highest BCUT2D eigenvalue weighted by molar-refractivity contribution is 5.95. The van der Waals surface area contributed by atoms with E-state index in [2.05, 4.69) is 5.32 Å². The highest BCUT2D eigenvalue weighted by Gasteiger charge is 2.38. The van der Waals surface area contributed by atoms with Crippen molar-refractivity contribution in [2.45, 2.75) is 38.9 Å². The van der Waals surface area contributed by atoms with Crippen LogP contribution in [0.4, 0.5) is 18.9 Å². The maximum Gasteiger partial charge on any atom is 0.471 e. The molecule has 2 amide bonds. The third-order valence-electron chi connectivity index (χ3n) is 2.76. The Morgan fingerprint density at radius 2 is 1.86 bits per heavy atom. The van der Waals surface area contributed by atoms with Crippen LogP contribution in [0.1, 0.15) is 31.7 Å². The van der Waals surface area contributed by atoms with Crippen LogP contribution < -0.4 is 10.6 Å². The summed E-state index contributed by atoms with van der Waals surface area (Å²) in [6.45, 7) is 2.02. The van der Waals surface area contributed by atoms with Gasteiger partial charge in [-0.25, -0.2) is 0 Å². The molecule has 0 aliphatic carbocycles. The summed E-state index contributed by atoms with van der Waals surface area (Å²) in [5.74, 6) is -2.21. The normalized spacial score (nSPS) is 11.0. The van der Waals surface area contributed by atoms with Gasteiger partial charge in [-0.1, -0.05) is 31.5 Å². The molecular weight excluding hydrogens is 285 g/mol. The minimum absolute atomic E-state index is 0.0376. The number of anilines is 1. The fraction of sp³-hybridized carbons (Fsp3) is 0.429. The van der Waals surface area contributed by atoms with Gasteiger partial charge >= 0.3 is 12.1 Å². The molecule has 0 aliphatic heterocycles. The van der Waals surface area contributed by atoms with Gasteiger partial charge in [-0.3, -0.25) is 9.59 Å². The highest BCUT2D eigenvalue weighted by Crippen LogP contribution is 2.20. The topological polar surface area (TPSA) is 58.2 Å². The van der Waals surface area contributed by atoms with Crippen molar-refractivity contribution < 1.29 is 22.8 Å². The molecule has 0 aliphatic rings. The van der Waals surface area contributed by atoms with Crippen LogP contribution in [0.15, 0.2) is 24.3 Å². The van der Waals surface area contributed by atoms with Gasteiger partial charge in [0.1, 0.15) is 0 Å². The molecule has 0 saturated carbocycles. The van der Waals surface area contributed by atoms with E-state index in [-0.39, 0.29) is 18.1 Å². The van der Waals surface area contributed by atoms with Crippen molar-refractivity contribution in [1.29, 1.82) is 0 Å². The predicted molar refractivity (Wildman–Crippen MR) is 72.5 cm³/mol. The monoisotopic (exact) mass is 302 g/mol. The van der Waals surface area contributed by atoms with Crippen molar-refractivity contribution in [2.75, 3.05) is 5.32 Å². The summed E-state index contributed by atoms with van der Waals surface area (Å²) in [5.41, 5.74) is 0.454. The Balaban J connectivity index is 2.67. The lowest BCUT2D eigenvalue weighted by Crippen LogP contribution is -2.31. The molecule has 1 aromatic carbocycles. The van der Waals surface area contributed by atoms with E-state index in [0.717, 1.165) is 12.8 Å². The van der Waals surface area contributed by atoms with Gasteiger partial charge in [-0.05, 0) is 18.1 Å². The average Bonchev–Trinajstić information content (AvgIpc) is 2.43. The Bertz CT molecular complexity index is 501. The van der Waals surface area contributed by atoms with E-state index in [9.17, 15) is 22.8 Å². The molecule has 0 atom stereocenters. The van der Waals surface area contributed by atoms with Crippen molar-refractivity contribution in [3.8, 4) is 0 Å². The lowest BCUT2D eigenvalue weighted by atomic mass is 10.1. The summed E-state index contributed by atoms with van der Waals surface area (Å²) in [7, 11) is 0. The molecule has 116 valence electrons. The van der Waals surface area contributed by atoms with E-state index < -0.39 is 12.1 Å². The van der Waals surface area contributed by atoms with Crippen LogP contribution in [0.3, 0.4) is 0 Å². The standard InChI is InChI=1S/C14H17F3N2O2/c1-2-3-8-12(20)18-9-10-6-4-5-7-11(10)19-13(21)14(15,16)17/h4-7H,2-3,8-9H2,1H3,(H,18,20)(H,19,21). The molecule has 0 unspecified atom stereocenters. The Kier molecular flexibility index (Phi) is 6.20. The van der Waals surface area contributed by atoms with E-state index >= 15 is 0 Å². The Morgan fingerprint density at radius 3 is 2.48 bits per heavy atom. The maximum absolute atomic E-state index is 12.2. The molecule has 0 saturated heterocycles. The SMILES string of the molecule is CCCCC(=O)NCc1ccccc1NC(=O)C(F)(F)F. The Morgan fingerprint density at radius 1 is 1.19 bits per heavy atom. The number of unbranched alkanes of at least 4 members (excludes halogenated alkanes) is 1. The predicted octanol–water partition coefficient (Wildman–Crippen LogP) is 2.99. The largest absolute Gasteiger partial charge is 0.471 e. The summed E-state index contributed by atoms with van der Waals surface area (Å²) >= 11 is 0. The Hall–Kier alpha value is -2.05. The van der Waals surface area contributed by atoms with Crippen molar-refractivity contribution in [2.24, 2.45) is 0 Å². The van der Waals surface area contributed by atoms with Gasteiger partial charge in [0.05, 0.1) is 0 Å². The lowest BCUT2D eigenvalue weighted by molar-refractivity contribution is -0.167. The molecule has 0 spiro atoms. The third kappa shape index (κ3) is 5.85. The van der Waals surface area contributed by atoms with Crippen LogP contribution in [0.25, 0.3) is 0 Å². The minimum atomic E-state index is -4.95. The molecule has 0 bridgehead atoms. The molecule has 0 fully saturated rings. The summed E-state index contributed by atoms with van der Waals surface area (Å²) in [6, 6.07) is 6.04. The molecule has 7 heteroatoms. The molecule has 0 heterocycles. The zero-order chi connectivity index (χ0) is 15.9. The zero-order valence-corrected chi connectivity index (χ0v) is 11.6. The van der Waals surface area contributed by atoms with Crippen molar-refractivity contribution in [3.63, 3.8) is 0 Å². The molecule has 2 N–H and O–H groups in total. The summed E-state index contributed by atoms with van der Waals surface area (Å²) < 4.78 is 36.7. The number of benzene rings is 1. The quantitative estimate of drug-likeness (QED) is 0.848. The van der Waals surface area contributed by atoms with Crippen molar-refractivity contribution in [3.05, 3.63) is 29.8 Å². The highest BCUT2D eigenvalue weighted by atomic mass is 19.4. The van der Waals surface area contributed by atoms with Crippen LogP contribution in [-0.2, 0) is 16.1 Å². The first-order valence-corrected chi connectivity index (χ1v) is 6.57. The third-order valence-corrected chi connectivity index (χ3v) is 2.76. The molecule has 0 aromatic heterocycles. The first kappa shape index (κ1) is 17.0. The number of halogens is 3. The summed E-state index contributed by atoms with van der Waals surface area (Å²) in [4.78, 5) is 22.4. The zero-order valence-electron chi connectivity index (χ0n) is 11.6. The lowest BCUT2D eigenvalue weighted by Gasteiger charge is -2.13. The summed E-state index contributed by atoms with van der Waals surface area (Å²) in [6.07, 6.45) is -2.95. The van der Waals surface area contributed by atoms with E-state index in [1.807, 2.05) is 6.92 Å². The van der Waals surface area contributed by atoms with E-state index in [1.54, 1.807) is 17.4 Å². The molecular formula is C14H17F3N2O2. The second-order valence-electron chi connectivity index (χ2n) is 4.49. The fourth-order valence-electron chi connectivity index (χ4n) is 1.61. The van der Waals surface area contributed by atoms with Gasteiger partial charge in [0.15, 0.2) is 0 Å². The van der Waals surface area contributed by atoms with Gasteiger partial charge in [-0.2, -0.15) is 13.2 Å².